The maximum atomic E-state index is 13.2. The molecule has 0 spiro atoms. The van der Waals surface area contributed by atoms with Gasteiger partial charge in [0.15, 0.2) is 0 Å². The second-order valence-electron chi connectivity index (χ2n) is 5.21. The molecule has 2 rings (SSSR count). The molecule has 0 saturated heterocycles. The molecule has 20 heavy (non-hydrogen) atoms. The van der Waals surface area contributed by atoms with Crippen molar-refractivity contribution in [2.24, 2.45) is 0 Å². The lowest BCUT2D eigenvalue weighted by Gasteiger charge is -2.23. The molecule has 0 aromatic heterocycles. The number of nitrogens with one attached hydrogen (secondary N) is 1. The van der Waals surface area contributed by atoms with Gasteiger partial charge in [0.05, 0.1) is 7.11 Å². The maximum Gasteiger partial charge on any atom is 0.322 e. The standard InChI is InChI=1S/C15H21FN2O2/c1-18(13-5-3-4-11(16)10-13)9-8-14(15(19)20-2)17-12-6-7-12/h3-5,10,12,14,17H,6-9H2,1-2H3. The molecule has 5 heteroatoms. The molecule has 1 atom stereocenters. The van der Waals surface area contributed by atoms with Crippen LogP contribution in [-0.2, 0) is 9.53 Å². The Hall–Kier alpha value is -1.62. The van der Waals surface area contributed by atoms with E-state index in [4.69, 9.17) is 4.74 Å². The molecule has 1 fully saturated rings. The monoisotopic (exact) mass is 280 g/mol. The third kappa shape index (κ3) is 4.20. The Morgan fingerprint density at radius 3 is 2.90 bits per heavy atom. The van der Waals surface area contributed by atoms with E-state index in [-0.39, 0.29) is 17.8 Å². The SMILES string of the molecule is COC(=O)C(CCN(C)c1cccc(F)c1)NC1CC1. The first-order valence-electron chi connectivity index (χ1n) is 6.90. The molecular formula is C15H21FN2O2. The summed E-state index contributed by atoms with van der Waals surface area (Å²) in [5.74, 6) is -0.487. The molecule has 110 valence electrons. The molecule has 0 amide bonds. The maximum absolute atomic E-state index is 13.2. The Bertz CT molecular complexity index is 463. The van der Waals surface area contributed by atoms with Gasteiger partial charge in [0.1, 0.15) is 11.9 Å². The van der Waals surface area contributed by atoms with Crippen molar-refractivity contribution >= 4 is 11.7 Å². The number of carbonyl (C=O) groups excluding carboxylic acids is 1. The number of hydrogen-bond acceptors (Lipinski definition) is 4. The minimum Gasteiger partial charge on any atom is -0.468 e. The largest absolute Gasteiger partial charge is 0.468 e. The van der Waals surface area contributed by atoms with Gasteiger partial charge in [0, 0.05) is 25.3 Å². The summed E-state index contributed by atoms with van der Waals surface area (Å²) in [6.07, 6.45) is 2.87. The summed E-state index contributed by atoms with van der Waals surface area (Å²) in [4.78, 5) is 13.7. The van der Waals surface area contributed by atoms with Gasteiger partial charge in [0.2, 0.25) is 0 Å². The minimum absolute atomic E-state index is 0.232. The van der Waals surface area contributed by atoms with Gasteiger partial charge in [-0.3, -0.25) is 4.79 Å². The summed E-state index contributed by atoms with van der Waals surface area (Å²) in [5.41, 5.74) is 0.806. The second kappa shape index (κ2) is 6.70. The summed E-state index contributed by atoms with van der Waals surface area (Å²) in [6.45, 7) is 0.656. The Morgan fingerprint density at radius 1 is 1.55 bits per heavy atom. The second-order valence-corrected chi connectivity index (χ2v) is 5.21. The van der Waals surface area contributed by atoms with Crippen LogP contribution in [0.4, 0.5) is 10.1 Å². The number of anilines is 1. The topological polar surface area (TPSA) is 41.6 Å². The van der Waals surface area contributed by atoms with Crippen LogP contribution in [0.25, 0.3) is 0 Å². The zero-order chi connectivity index (χ0) is 14.5. The van der Waals surface area contributed by atoms with Crippen LogP contribution in [0.15, 0.2) is 24.3 Å². The number of ether oxygens (including phenoxy) is 1. The molecule has 0 bridgehead atoms. The number of hydrogen-bond donors (Lipinski definition) is 1. The fourth-order valence-corrected chi connectivity index (χ4v) is 2.11. The number of carbonyl (C=O) groups is 1. The highest BCUT2D eigenvalue weighted by Gasteiger charge is 2.28. The molecule has 1 aromatic carbocycles. The number of rotatable bonds is 7. The molecule has 0 heterocycles. The van der Waals surface area contributed by atoms with Gasteiger partial charge in [-0.15, -0.1) is 0 Å². The quantitative estimate of drug-likeness (QED) is 0.775. The van der Waals surface area contributed by atoms with Crippen LogP contribution in [0.3, 0.4) is 0 Å². The third-order valence-corrected chi connectivity index (χ3v) is 3.50. The van der Waals surface area contributed by atoms with E-state index < -0.39 is 0 Å². The Balaban J connectivity index is 1.89. The Morgan fingerprint density at radius 2 is 2.30 bits per heavy atom. The molecule has 0 aliphatic heterocycles. The molecule has 4 nitrogen and oxygen atoms in total. The zero-order valence-electron chi connectivity index (χ0n) is 11.9. The zero-order valence-corrected chi connectivity index (χ0v) is 11.9. The number of esters is 1. The van der Waals surface area contributed by atoms with Gasteiger partial charge in [-0.2, -0.15) is 0 Å². The van der Waals surface area contributed by atoms with Crippen molar-refractivity contribution in [2.75, 3.05) is 25.6 Å². The van der Waals surface area contributed by atoms with E-state index in [0.717, 1.165) is 18.5 Å². The van der Waals surface area contributed by atoms with Crippen molar-refractivity contribution in [3.05, 3.63) is 30.1 Å². The van der Waals surface area contributed by atoms with Crippen molar-refractivity contribution in [3.8, 4) is 0 Å². The first kappa shape index (κ1) is 14.8. The lowest BCUT2D eigenvalue weighted by Crippen LogP contribution is -2.41. The molecule has 1 aliphatic carbocycles. The van der Waals surface area contributed by atoms with Crippen LogP contribution in [0.5, 0.6) is 0 Å². The predicted molar refractivity (Wildman–Crippen MR) is 76.2 cm³/mol. The van der Waals surface area contributed by atoms with Gasteiger partial charge in [-0.05, 0) is 37.5 Å². The average Bonchev–Trinajstić information content (AvgIpc) is 3.26. The molecule has 1 N–H and O–H groups in total. The van der Waals surface area contributed by atoms with Crippen molar-refractivity contribution < 1.29 is 13.9 Å². The highest BCUT2D eigenvalue weighted by Crippen LogP contribution is 2.21. The normalized spacial score (nSPS) is 15.8. The van der Waals surface area contributed by atoms with Crippen LogP contribution in [-0.4, -0.2) is 38.8 Å². The van der Waals surface area contributed by atoms with Crippen LogP contribution in [0.1, 0.15) is 19.3 Å². The highest BCUT2D eigenvalue weighted by atomic mass is 19.1. The molecule has 1 saturated carbocycles. The average molecular weight is 280 g/mol. The van der Waals surface area contributed by atoms with E-state index in [9.17, 15) is 9.18 Å². The first-order valence-corrected chi connectivity index (χ1v) is 6.90. The minimum atomic E-state index is -0.288. The van der Waals surface area contributed by atoms with Gasteiger partial charge < -0.3 is 15.0 Å². The Labute approximate surface area is 118 Å². The van der Waals surface area contributed by atoms with Crippen molar-refractivity contribution in [2.45, 2.75) is 31.3 Å². The smallest absolute Gasteiger partial charge is 0.322 e. The molecule has 1 aromatic rings. The van der Waals surface area contributed by atoms with E-state index >= 15 is 0 Å². The fraction of sp³-hybridized carbons (Fsp3) is 0.533. The summed E-state index contributed by atoms with van der Waals surface area (Å²) in [7, 11) is 3.29. The predicted octanol–water partition coefficient (Wildman–Crippen LogP) is 1.95. The van der Waals surface area contributed by atoms with Gasteiger partial charge in [-0.1, -0.05) is 6.07 Å². The molecule has 0 radical (unpaired) electrons. The van der Waals surface area contributed by atoms with E-state index in [1.807, 2.05) is 18.0 Å². The number of benzene rings is 1. The van der Waals surface area contributed by atoms with Crippen LogP contribution in [0, 0.1) is 5.82 Å². The highest BCUT2D eigenvalue weighted by molar-refractivity contribution is 5.75. The van der Waals surface area contributed by atoms with E-state index in [0.29, 0.717) is 19.0 Å². The van der Waals surface area contributed by atoms with E-state index in [1.165, 1.54) is 19.2 Å². The first-order chi connectivity index (χ1) is 9.60. The molecule has 1 unspecified atom stereocenters. The molecular weight excluding hydrogens is 259 g/mol. The van der Waals surface area contributed by atoms with Crippen molar-refractivity contribution in [3.63, 3.8) is 0 Å². The van der Waals surface area contributed by atoms with Gasteiger partial charge >= 0.3 is 5.97 Å². The van der Waals surface area contributed by atoms with Crippen molar-refractivity contribution in [1.29, 1.82) is 0 Å². The summed E-state index contributed by atoms with van der Waals surface area (Å²) in [6, 6.07) is 6.60. The Kier molecular flexibility index (Phi) is 4.95. The summed E-state index contributed by atoms with van der Waals surface area (Å²) in [5, 5.41) is 3.28. The summed E-state index contributed by atoms with van der Waals surface area (Å²) < 4.78 is 18.0. The lowest BCUT2D eigenvalue weighted by atomic mass is 10.2. The van der Waals surface area contributed by atoms with Gasteiger partial charge in [-0.25, -0.2) is 4.39 Å². The lowest BCUT2D eigenvalue weighted by molar-refractivity contribution is -0.143. The van der Waals surface area contributed by atoms with E-state index in [2.05, 4.69) is 5.32 Å². The van der Waals surface area contributed by atoms with Crippen LogP contribution in [0.2, 0.25) is 0 Å². The fourth-order valence-electron chi connectivity index (χ4n) is 2.11. The van der Waals surface area contributed by atoms with Crippen LogP contribution >= 0.6 is 0 Å². The van der Waals surface area contributed by atoms with Crippen LogP contribution < -0.4 is 10.2 Å². The number of methoxy groups -OCH3 is 1. The molecule has 1 aliphatic rings. The number of halogens is 1. The third-order valence-electron chi connectivity index (χ3n) is 3.50. The van der Waals surface area contributed by atoms with Gasteiger partial charge in [0.25, 0.3) is 0 Å². The van der Waals surface area contributed by atoms with E-state index in [1.54, 1.807) is 6.07 Å². The number of nitrogens with zero attached hydrogens (tertiary/aromatic N) is 1. The van der Waals surface area contributed by atoms with Crippen molar-refractivity contribution in [1.82, 2.24) is 5.32 Å². The summed E-state index contributed by atoms with van der Waals surface area (Å²) >= 11 is 0.